The number of carbonyl (C=O) groups is 1. The number of anilines is 2. The maximum atomic E-state index is 14.3. The average molecular weight is 558 g/mol. The number of alkyl halides is 3. The van der Waals surface area contributed by atoms with Crippen LogP contribution in [0.15, 0.2) is 65.0 Å². The number of primary amides is 1. The third-order valence-electron chi connectivity index (χ3n) is 7.03. The molecule has 40 heavy (non-hydrogen) atoms. The maximum absolute atomic E-state index is 14.3. The van der Waals surface area contributed by atoms with Gasteiger partial charge < -0.3 is 20.1 Å². The van der Waals surface area contributed by atoms with Gasteiger partial charge in [0.15, 0.2) is 0 Å². The Morgan fingerprint density at radius 2 is 1.62 bits per heavy atom. The fraction of sp³-hybridized carbons (Fsp3) is 0.379. The minimum atomic E-state index is -4.65. The number of halogens is 3. The van der Waals surface area contributed by atoms with E-state index in [4.69, 9.17) is 20.3 Å². The number of rotatable bonds is 5. The van der Waals surface area contributed by atoms with Crippen molar-refractivity contribution in [2.24, 2.45) is 10.8 Å². The summed E-state index contributed by atoms with van der Waals surface area (Å²) in [6, 6.07) is 8.45. The molecule has 2 N–H and O–H groups in total. The van der Waals surface area contributed by atoms with Crippen LogP contribution in [-0.4, -0.2) is 50.5 Å². The molecule has 3 aliphatic heterocycles. The van der Waals surface area contributed by atoms with E-state index in [1.807, 2.05) is 18.7 Å². The van der Waals surface area contributed by atoms with Crippen molar-refractivity contribution < 1.29 is 27.4 Å². The highest BCUT2D eigenvalue weighted by molar-refractivity contribution is 6.16. The van der Waals surface area contributed by atoms with Gasteiger partial charge in [0.2, 0.25) is 0 Å². The Balaban J connectivity index is 0.00000181. The molecule has 0 unspecified atom stereocenters. The molecule has 0 saturated carbocycles. The molecule has 0 radical (unpaired) electrons. The molecule has 2 aromatic rings. The molecule has 5 rings (SSSR count). The second-order valence-electron chi connectivity index (χ2n) is 9.27. The third-order valence-corrected chi connectivity index (χ3v) is 7.03. The number of urea groups is 1. The van der Waals surface area contributed by atoms with Crippen LogP contribution in [0.5, 0.6) is 11.5 Å². The number of benzene rings is 2. The first-order valence-corrected chi connectivity index (χ1v) is 13.2. The zero-order valence-corrected chi connectivity index (χ0v) is 23.1. The molecule has 0 atom stereocenters. The summed E-state index contributed by atoms with van der Waals surface area (Å²) < 4.78 is 53.7. The molecule has 214 valence electrons. The lowest BCUT2D eigenvalue weighted by atomic mass is 9.97. The van der Waals surface area contributed by atoms with Gasteiger partial charge in [-0.2, -0.15) is 18.3 Å². The minimum Gasteiger partial charge on any atom is -0.497 e. The highest BCUT2D eigenvalue weighted by Crippen LogP contribution is 2.45. The summed E-state index contributed by atoms with van der Waals surface area (Å²) in [5, 5.41) is 5.89. The molecule has 0 bridgehead atoms. The van der Waals surface area contributed by atoms with E-state index in [1.165, 1.54) is 36.3 Å². The van der Waals surface area contributed by atoms with Gasteiger partial charge in [-0.1, -0.05) is 20.4 Å². The predicted octanol–water partition coefficient (Wildman–Crippen LogP) is 6.13. The van der Waals surface area contributed by atoms with Crippen molar-refractivity contribution in [2.45, 2.75) is 39.3 Å². The van der Waals surface area contributed by atoms with Crippen molar-refractivity contribution in [2.75, 3.05) is 43.8 Å². The van der Waals surface area contributed by atoms with Crippen molar-refractivity contribution >= 4 is 23.1 Å². The van der Waals surface area contributed by atoms with Crippen LogP contribution < -0.4 is 25.1 Å². The lowest BCUT2D eigenvalue weighted by Crippen LogP contribution is -2.37. The number of carbonyl (C=O) groups excluding carboxylic acids is 1. The Morgan fingerprint density at radius 1 is 1.00 bits per heavy atom. The predicted molar refractivity (Wildman–Crippen MR) is 150 cm³/mol. The van der Waals surface area contributed by atoms with Crippen LogP contribution >= 0.6 is 0 Å². The smallest absolute Gasteiger partial charge is 0.418 e. The first-order valence-electron chi connectivity index (χ1n) is 13.2. The summed E-state index contributed by atoms with van der Waals surface area (Å²) in [6.07, 6.45) is -2.31. The second-order valence-corrected chi connectivity index (χ2v) is 9.27. The van der Waals surface area contributed by atoms with Gasteiger partial charge in [0.1, 0.15) is 11.5 Å². The van der Waals surface area contributed by atoms with Gasteiger partial charge in [-0.05, 0) is 49.6 Å². The quantitative estimate of drug-likeness (QED) is 0.479. The van der Waals surface area contributed by atoms with Gasteiger partial charge in [-0.15, -0.1) is 0 Å². The fourth-order valence-corrected chi connectivity index (χ4v) is 5.20. The van der Waals surface area contributed by atoms with Crippen LogP contribution in [0.4, 0.5) is 29.3 Å². The molecule has 1 fully saturated rings. The molecular weight excluding hydrogens is 523 g/mol. The molecule has 3 aliphatic rings. The van der Waals surface area contributed by atoms with Crippen LogP contribution in [-0.2, 0) is 6.18 Å². The average Bonchev–Trinajstić information content (AvgIpc) is 3.65. The number of methoxy groups -OCH3 is 2. The van der Waals surface area contributed by atoms with Gasteiger partial charge in [0.05, 0.1) is 42.6 Å². The third kappa shape index (κ3) is 5.32. The lowest BCUT2D eigenvalue weighted by Gasteiger charge is -2.33. The SMILES string of the molecule is C=C1C2=C(CCN2C(N)=O)C(c2cc(OC)cc(OC)c2)=NN1c1cc(N2CCCC2)ccc1C(F)(F)F.CC. The van der Waals surface area contributed by atoms with Crippen LogP contribution in [0.3, 0.4) is 0 Å². The highest BCUT2D eigenvalue weighted by Gasteiger charge is 2.41. The Kier molecular flexibility index (Phi) is 8.32. The molecule has 1 saturated heterocycles. The van der Waals surface area contributed by atoms with Gasteiger partial charge in [-0.3, -0.25) is 4.90 Å². The van der Waals surface area contributed by atoms with E-state index in [0.717, 1.165) is 32.0 Å². The Morgan fingerprint density at radius 3 is 2.17 bits per heavy atom. The topological polar surface area (TPSA) is 83.6 Å². The first-order chi connectivity index (χ1) is 19.1. The molecule has 0 aliphatic carbocycles. The van der Waals surface area contributed by atoms with Gasteiger partial charge >= 0.3 is 12.2 Å². The molecule has 2 aromatic carbocycles. The molecule has 0 aromatic heterocycles. The summed E-state index contributed by atoms with van der Waals surface area (Å²) in [5.74, 6) is 0.967. The fourth-order valence-electron chi connectivity index (χ4n) is 5.20. The number of amides is 2. The van der Waals surface area contributed by atoms with E-state index in [0.29, 0.717) is 46.2 Å². The van der Waals surface area contributed by atoms with E-state index < -0.39 is 17.8 Å². The summed E-state index contributed by atoms with van der Waals surface area (Å²) in [5.41, 5.74) is 7.37. The molecule has 11 heteroatoms. The Labute approximate surface area is 232 Å². The number of nitrogens with zero attached hydrogens (tertiary/aromatic N) is 4. The molecule has 8 nitrogen and oxygen atoms in total. The number of hydrogen-bond donors (Lipinski definition) is 1. The van der Waals surface area contributed by atoms with Crippen molar-refractivity contribution in [3.05, 3.63) is 71.1 Å². The van der Waals surface area contributed by atoms with E-state index in [2.05, 4.69) is 6.58 Å². The second kappa shape index (κ2) is 11.5. The van der Waals surface area contributed by atoms with Crippen LogP contribution in [0.25, 0.3) is 0 Å². The number of nitrogens with two attached hydrogens (primary N) is 1. The van der Waals surface area contributed by atoms with Gasteiger partial charge in [-0.25, -0.2) is 9.80 Å². The first kappa shape index (κ1) is 28.8. The van der Waals surface area contributed by atoms with E-state index in [9.17, 15) is 18.0 Å². The molecule has 2 amide bonds. The van der Waals surface area contributed by atoms with Crippen molar-refractivity contribution in [1.82, 2.24) is 4.90 Å². The monoisotopic (exact) mass is 557 g/mol. The summed E-state index contributed by atoms with van der Waals surface area (Å²) in [4.78, 5) is 15.7. The zero-order chi connectivity index (χ0) is 29.2. The van der Waals surface area contributed by atoms with Gasteiger partial charge in [0, 0.05) is 42.5 Å². The van der Waals surface area contributed by atoms with Crippen LogP contribution in [0.2, 0.25) is 0 Å². The number of hydrogen-bond acceptors (Lipinski definition) is 6. The van der Waals surface area contributed by atoms with Crippen molar-refractivity contribution in [1.29, 1.82) is 0 Å². The Bertz CT molecular complexity index is 1340. The van der Waals surface area contributed by atoms with Crippen molar-refractivity contribution in [3.8, 4) is 11.5 Å². The van der Waals surface area contributed by atoms with E-state index >= 15 is 0 Å². The zero-order valence-electron chi connectivity index (χ0n) is 23.1. The summed E-state index contributed by atoms with van der Waals surface area (Å²) in [7, 11) is 3.01. The Hall–Kier alpha value is -4.15. The van der Waals surface area contributed by atoms with Crippen molar-refractivity contribution in [3.63, 3.8) is 0 Å². The molecular formula is C29H34F3N5O3. The van der Waals surface area contributed by atoms with E-state index in [1.54, 1.807) is 18.2 Å². The normalized spacial score (nSPS) is 16.9. The summed E-state index contributed by atoms with van der Waals surface area (Å²) in [6.45, 7) is 9.85. The van der Waals surface area contributed by atoms with Crippen LogP contribution in [0, 0.1) is 0 Å². The minimum absolute atomic E-state index is 0.138. The summed E-state index contributed by atoms with van der Waals surface area (Å²) >= 11 is 0. The van der Waals surface area contributed by atoms with Crippen LogP contribution in [0.1, 0.15) is 44.2 Å². The molecule has 0 spiro atoms. The maximum Gasteiger partial charge on any atom is 0.418 e. The standard InChI is InChI=1S/C27H28F3N5O3.C2H6/c1-16-25-21(8-11-34(25)26(31)36)24(17-12-19(37-2)15-20(13-17)38-3)32-35(16)23-14-18(33-9-4-5-10-33)6-7-22(23)27(28,29)30;1-2/h6-7,12-15H,1,4-5,8-11H2,2-3H3,(H2,31,36);1-2H3. The highest BCUT2D eigenvalue weighted by atomic mass is 19.4. The lowest BCUT2D eigenvalue weighted by molar-refractivity contribution is -0.137. The largest absolute Gasteiger partial charge is 0.497 e. The number of hydrazone groups is 1. The number of ether oxygens (including phenoxy) is 2. The van der Waals surface area contributed by atoms with E-state index in [-0.39, 0.29) is 17.9 Å². The molecule has 3 heterocycles. The van der Waals surface area contributed by atoms with Gasteiger partial charge in [0.25, 0.3) is 0 Å².